The van der Waals surface area contributed by atoms with Gasteiger partial charge in [-0.3, -0.25) is 0 Å². The zero-order chi connectivity index (χ0) is 23.1. The zero-order valence-electron chi connectivity index (χ0n) is 17.1. The van der Waals surface area contributed by atoms with Gasteiger partial charge in [0.05, 0.1) is 22.3 Å². The van der Waals surface area contributed by atoms with E-state index in [1.54, 1.807) is 46.9 Å². The number of nitrogens with zero attached hydrogens (tertiary/aromatic N) is 2. The summed E-state index contributed by atoms with van der Waals surface area (Å²) in [7, 11) is 0. The fourth-order valence-electron chi connectivity index (χ4n) is 3.10. The lowest BCUT2D eigenvalue weighted by Crippen LogP contribution is -2.18. The summed E-state index contributed by atoms with van der Waals surface area (Å²) in [5.74, 6) is -1.50. The zero-order valence-corrected chi connectivity index (χ0v) is 19.3. The lowest BCUT2D eigenvalue weighted by atomic mass is 9.93. The van der Waals surface area contributed by atoms with Crippen molar-refractivity contribution in [3.8, 4) is 12.1 Å². The first-order chi connectivity index (χ1) is 15.5. The summed E-state index contributed by atoms with van der Waals surface area (Å²) in [6, 6.07) is 22.1. The number of benzene rings is 3. The molecule has 32 heavy (non-hydrogen) atoms. The minimum Gasteiger partial charge on any atom is -0.457 e. The van der Waals surface area contributed by atoms with Crippen molar-refractivity contribution in [2.75, 3.05) is 0 Å². The number of nitriles is 2. The largest absolute Gasteiger partial charge is 0.457 e. The summed E-state index contributed by atoms with van der Waals surface area (Å²) in [5.41, 5.74) is 1.70. The lowest BCUT2D eigenvalue weighted by Gasteiger charge is -2.16. The van der Waals surface area contributed by atoms with E-state index in [0.29, 0.717) is 0 Å². The first-order valence-corrected chi connectivity index (χ1v) is 10.6. The lowest BCUT2D eigenvalue weighted by molar-refractivity contribution is 0.0467. The van der Waals surface area contributed by atoms with Crippen molar-refractivity contribution in [2.24, 2.45) is 0 Å². The third-order valence-electron chi connectivity index (χ3n) is 4.75. The molecule has 3 rings (SSSR count). The molecule has 0 N–H and O–H groups in total. The summed E-state index contributed by atoms with van der Waals surface area (Å²) < 4.78 is 11.0. The van der Waals surface area contributed by atoms with Crippen LogP contribution in [0.2, 0.25) is 0 Å². The second-order valence-corrected chi connectivity index (χ2v) is 7.86. The Kier molecular flexibility index (Phi) is 7.58. The Bertz CT molecular complexity index is 1150. The third-order valence-corrected chi connectivity index (χ3v) is 5.83. The highest BCUT2D eigenvalue weighted by molar-refractivity contribution is 14.1. The summed E-state index contributed by atoms with van der Waals surface area (Å²) in [5, 5.41) is 19.3. The summed E-state index contributed by atoms with van der Waals surface area (Å²) >= 11 is 1.79. The van der Waals surface area contributed by atoms with Crippen LogP contribution in [0.4, 0.5) is 0 Å². The Morgan fingerprint density at radius 3 is 1.50 bits per heavy atom. The molecule has 0 fully saturated rings. The molecule has 3 aromatic carbocycles. The Morgan fingerprint density at radius 2 is 1.16 bits per heavy atom. The molecule has 0 aliphatic heterocycles. The van der Waals surface area contributed by atoms with Crippen molar-refractivity contribution in [2.45, 2.75) is 20.1 Å². The Labute approximate surface area is 199 Å². The fraction of sp³-hybridized carbons (Fsp3) is 0.120. The van der Waals surface area contributed by atoms with E-state index in [1.807, 2.05) is 48.5 Å². The van der Waals surface area contributed by atoms with Crippen LogP contribution in [0.3, 0.4) is 0 Å². The van der Waals surface area contributed by atoms with Gasteiger partial charge in [-0.1, -0.05) is 60.7 Å². The monoisotopic (exact) mass is 536 g/mol. The van der Waals surface area contributed by atoms with Crippen LogP contribution in [0.1, 0.15) is 48.5 Å². The third kappa shape index (κ3) is 4.96. The van der Waals surface area contributed by atoms with E-state index in [0.717, 1.165) is 11.1 Å². The van der Waals surface area contributed by atoms with Crippen molar-refractivity contribution in [1.29, 1.82) is 10.5 Å². The van der Waals surface area contributed by atoms with Crippen LogP contribution in [0.25, 0.3) is 0 Å². The topological polar surface area (TPSA) is 100 Å². The maximum atomic E-state index is 12.9. The van der Waals surface area contributed by atoms with Gasteiger partial charge < -0.3 is 9.47 Å². The van der Waals surface area contributed by atoms with Crippen molar-refractivity contribution in [3.63, 3.8) is 0 Å². The molecule has 0 radical (unpaired) electrons. The van der Waals surface area contributed by atoms with Crippen LogP contribution in [0.15, 0.2) is 60.7 Å². The van der Waals surface area contributed by atoms with Gasteiger partial charge in [-0.05, 0) is 46.2 Å². The van der Waals surface area contributed by atoms with Crippen LogP contribution < -0.4 is 0 Å². The number of esters is 2. The van der Waals surface area contributed by atoms with Crippen LogP contribution in [0, 0.1) is 33.2 Å². The normalized spacial score (nSPS) is 10.0. The molecular weight excluding hydrogens is 519 g/mol. The average Bonchev–Trinajstić information content (AvgIpc) is 2.82. The van der Waals surface area contributed by atoms with Crippen molar-refractivity contribution in [1.82, 2.24) is 0 Å². The van der Waals surface area contributed by atoms with Crippen molar-refractivity contribution in [3.05, 3.63) is 103 Å². The molecule has 0 unspecified atom stereocenters. The average molecular weight is 536 g/mol. The molecule has 3 aromatic rings. The molecule has 0 aromatic heterocycles. The van der Waals surface area contributed by atoms with Gasteiger partial charge in [0.25, 0.3) is 0 Å². The summed E-state index contributed by atoms with van der Waals surface area (Å²) in [6.45, 7) is 1.54. The minimum atomic E-state index is -0.750. The fourth-order valence-corrected chi connectivity index (χ4v) is 4.08. The number of carbonyl (C=O) groups excluding carboxylic acids is 2. The van der Waals surface area contributed by atoms with Gasteiger partial charge >= 0.3 is 11.9 Å². The second kappa shape index (κ2) is 10.6. The van der Waals surface area contributed by atoms with Crippen LogP contribution in [0.5, 0.6) is 0 Å². The van der Waals surface area contributed by atoms with E-state index < -0.39 is 11.9 Å². The molecule has 0 amide bonds. The van der Waals surface area contributed by atoms with Crippen molar-refractivity contribution < 1.29 is 19.1 Å². The van der Waals surface area contributed by atoms with Crippen LogP contribution in [-0.4, -0.2) is 11.9 Å². The highest BCUT2D eigenvalue weighted by Gasteiger charge is 2.30. The minimum absolute atomic E-state index is 0.00335. The number of rotatable bonds is 6. The van der Waals surface area contributed by atoms with E-state index in [1.165, 1.54) is 6.92 Å². The first-order valence-electron chi connectivity index (χ1n) is 9.56. The highest BCUT2D eigenvalue weighted by atomic mass is 127. The van der Waals surface area contributed by atoms with Crippen LogP contribution >= 0.6 is 22.6 Å². The highest BCUT2D eigenvalue weighted by Crippen LogP contribution is 2.30. The van der Waals surface area contributed by atoms with Gasteiger partial charge in [0, 0.05) is 3.57 Å². The molecule has 0 heterocycles. The van der Waals surface area contributed by atoms with Gasteiger partial charge in [0.1, 0.15) is 25.4 Å². The molecule has 0 aliphatic carbocycles. The molecule has 6 nitrogen and oxygen atoms in total. The predicted molar refractivity (Wildman–Crippen MR) is 124 cm³/mol. The number of hydrogen-bond acceptors (Lipinski definition) is 6. The number of ether oxygens (including phenoxy) is 2. The standard InChI is InChI=1S/C25H17IN2O4/c1-16-19(12-27)21(24(29)31-14-17-8-4-2-5-9-17)23(26)22(20(16)13-28)25(30)32-15-18-10-6-3-7-11-18/h2-11H,14-15H2,1H3. The number of carbonyl (C=O) groups is 2. The maximum absolute atomic E-state index is 12.9. The first kappa shape index (κ1) is 23.0. The van der Waals surface area contributed by atoms with Gasteiger partial charge in [0.15, 0.2) is 0 Å². The molecule has 0 saturated heterocycles. The molecule has 0 atom stereocenters. The van der Waals surface area contributed by atoms with Crippen LogP contribution in [-0.2, 0) is 22.7 Å². The SMILES string of the molecule is Cc1c(C#N)c(C(=O)OCc2ccccc2)c(I)c(C(=O)OCc2ccccc2)c1C#N. The van der Waals surface area contributed by atoms with E-state index in [4.69, 9.17) is 9.47 Å². The number of halogens is 1. The van der Waals surface area contributed by atoms with Gasteiger partial charge in [-0.25, -0.2) is 9.59 Å². The molecule has 158 valence electrons. The molecule has 7 heteroatoms. The van der Waals surface area contributed by atoms with Crippen molar-refractivity contribution >= 4 is 34.5 Å². The molecule has 0 aliphatic rings. The Morgan fingerprint density at radius 1 is 0.781 bits per heavy atom. The van der Waals surface area contributed by atoms with E-state index in [9.17, 15) is 20.1 Å². The Balaban J connectivity index is 1.97. The quantitative estimate of drug-likeness (QED) is 0.323. The maximum Gasteiger partial charge on any atom is 0.340 e. The molecular formula is C25H17IN2O4. The van der Waals surface area contributed by atoms with Gasteiger partial charge in [-0.2, -0.15) is 10.5 Å². The van der Waals surface area contributed by atoms with Gasteiger partial charge in [-0.15, -0.1) is 0 Å². The molecule has 0 bridgehead atoms. The second-order valence-electron chi connectivity index (χ2n) is 6.79. The van der Waals surface area contributed by atoms with E-state index >= 15 is 0 Å². The summed E-state index contributed by atoms with van der Waals surface area (Å²) in [6.07, 6.45) is 0. The Hall–Kier alpha value is -3.69. The van der Waals surface area contributed by atoms with E-state index in [2.05, 4.69) is 0 Å². The summed E-state index contributed by atoms with van der Waals surface area (Å²) in [4.78, 5) is 25.8. The number of hydrogen-bond donors (Lipinski definition) is 0. The van der Waals surface area contributed by atoms with Gasteiger partial charge in [0.2, 0.25) is 0 Å². The van der Waals surface area contributed by atoms with E-state index in [-0.39, 0.29) is 44.6 Å². The smallest absolute Gasteiger partial charge is 0.340 e. The predicted octanol–water partition coefficient (Wildman–Crippen LogP) is 5.06. The molecule has 0 spiro atoms. The molecule has 0 saturated carbocycles.